The van der Waals surface area contributed by atoms with Crippen molar-refractivity contribution in [1.29, 1.82) is 0 Å². The van der Waals surface area contributed by atoms with Crippen molar-refractivity contribution >= 4 is 27.2 Å². The third-order valence-corrected chi connectivity index (χ3v) is 3.72. The van der Waals surface area contributed by atoms with E-state index < -0.39 is 19.8 Å². The summed E-state index contributed by atoms with van der Waals surface area (Å²) in [5, 5.41) is 17.8. The van der Waals surface area contributed by atoms with Gasteiger partial charge in [0.25, 0.3) is 15.7 Å². The van der Waals surface area contributed by atoms with Crippen molar-refractivity contribution in [1.82, 2.24) is 10.2 Å². The number of aromatic nitrogens is 2. The lowest BCUT2D eigenvalue weighted by atomic mass is 10.3. The Bertz CT molecular complexity index is 747. The van der Waals surface area contributed by atoms with Crippen LogP contribution in [0.25, 0.3) is 0 Å². The minimum Gasteiger partial charge on any atom is -0.398 e. The van der Waals surface area contributed by atoms with Gasteiger partial charge >= 0.3 is 0 Å². The SMILES string of the molecule is Nc1ccc([N+](=O)[O-])cc1S(=O)(=O)Nc1cccnn1. The second-order valence-electron chi connectivity index (χ2n) is 3.69. The first-order chi connectivity index (χ1) is 9.40. The number of non-ortho nitro benzene ring substituents is 1. The van der Waals surface area contributed by atoms with E-state index in [0.29, 0.717) is 0 Å². The number of benzene rings is 1. The van der Waals surface area contributed by atoms with E-state index in [9.17, 15) is 18.5 Å². The Kier molecular flexibility index (Phi) is 3.48. The second kappa shape index (κ2) is 5.09. The summed E-state index contributed by atoms with van der Waals surface area (Å²) in [5.74, 6) is -0.0154. The van der Waals surface area contributed by atoms with E-state index in [2.05, 4.69) is 14.9 Å². The molecule has 0 spiro atoms. The smallest absolute Gasteiger partial charge is 0.270 e. The summed E-state index contributed by atoms with van der Waals surface area (Å²) in [6.07, 6.45) is 1.37. The highest BCUT2D eigenvalue weighted by Crippen LogP contribution is 2.25. The van der Waals surface area contributed by atoms with E-state index in [4.69, 9.17) is 5.73 Å². The third-order valence-electron chi connectivity index (χ3n) is 2.31. The molecule has 0 aliphatic carbocycles. The summed E-state index contributed by atoms with van der Waals surface area (Å²) < 4.78 is 26.4. The van der Waals surface area contributed by atoms with Crippen molar-refractivity contribution in [2.75, 3.05) is 10.5 Å². The molecule has 0 unspecified atom stereocenters. The molecule has 0 radical (unpaired) electrons. The molecule has 1 heterocycles. The standard InChI is InChI=1S/C10H9N5O4S/c11-8-4-3-7(15(16)17)6-9(8)20(18,19)14-10-2-1-5-12-13-10/h1-6H,11H2,(H,13,14). The van der Waals surface area contributed by atoms with Crippen molar-refractivity contribution in [2.24, 2.45) is 0 Å². The summed E-state index contributed by atoms with van der Waals surface area (Å²) in [4.78, 5) is 9.58. The maximum atomic E-state index is 12.1. The predicted molar refractivity (Wildman–Crippen MR) is 70.3 cm³/mol. The highest BCUT2D eigenvalue weighted by atomic mass is 32.2. The molecule has 0 aliphatic rings. The van der Waals surface area contributed by atoms with Crippen LogP contribution in [0.4, 0.5) is 17.2 Å². The van der Waals surface area contributed by atoms with E-state index in [1.807, 2.05) is 0 Å². The van der Waals surface area contributed by atoms with E-state index >= 15 is 0 Å². The number of nitrogens with two attached hydrogens (primary N) is 1. The van der Waals surface area contributed by atoms with Crippen molar-refractivity contribution in [3.8, 4) is 0 Å². The molecule has 0 saturated carbocycles. The van der Waals surface area contributed by atoms with Gasteiger partial charge in [-0.1, -0.05) is 0 Å². The zero-order valence-electron chi connectivity index (χ0n) is 9.92. The van der Waals surface area contributed by atoms with Gasteiger partial charge in [0.2, 0.25) is 0 Å². The minimum atomic E-state index is -4.08. The number of nitrogens with one attached hydrogen (secondary N) is 1. The van der Waals surface area contributed by atoms with Crippen molar-refractivity contribution < 1.29 is 13.3 Å². The maximum absolute atomic E-state index is 12.1. The van der Waals surface area contributed by atoms with Gasteiger partial charge in [-0.25, -0.2) is 8.42 Å². The van der Waals surface area contributed by atoms with Crippen LogP contribution in [-0.2, 0) is 10.0 Å². The molecule has 0 bridgehead atoms. The molecule has 1 aromatic heterocycles. The first kappa shape index (κ1) is 13.7. The number of nitro benzene ring substituents is 1. The number of nitro groups is 1. The number of nitrogen functional groups attached to an aromatic ring is 1. The van der Waals surface area contributed by atoms with Crippen LogP contribution >= 0.6 is 0 Å². The molecule has 2 rings (SSSR count). The number of sulfonamides is 1. The van der Waals surface area contributed by atoms with Crippen molar-refractivity contribution in [3.63, 3.8) is 0 Å². The monoisotopic (exact) mass is 295 g/mol. The summed E-state index contributed by atoms with van der Waals surface area (Å²) in [6, 6.07) is 6.04. The Balaban J connectivity index is 2.44. The van der Waals surface area contributed by atoms with Gasteiger partial charge in [-0.2, -0.15) is 5.10 Å². The van der Waals surface area contributed by atoms with Crippen LogP contribution in [0.15, 0.2) is 41.4 Å². The van der Waals surface area contributed by atoms with Gasteiger partial charge in [0.1, 0.15) is 4.90 Å². The molecule has 0 saturated heterocycles. The normalized spacial score (nSPS) is 11.0. The fourth-order valence-corrected chi connectivity index (χ4v) is 2.57. The lowest BCUT2D eigenvalue weighted by Crippen LogP contribution is -2.16. The summed E-state index contributed by atoms with van der Waals surface area (Å²) in [5.41, 5.74) is 5.07. The highest BCUT2D eigenvalue weighted by molar-refractivity contribution is 7.92. The molecule has 0 aliphatic heterocycles. The molecular weight excluding hydrogens is 286 g/mol. The third kappa shape index (κ3) is 2.80. The minimum absolute atomic E-state index is 0.0154. The van der Waals surface area contributed by atoms with Crippen molar-refractivity contribution in [3.05, 3.63) is 46.6 Å². The molecule has 2 aromatic rings. The first-order valence-electron chi connectivity index (χ1n) is 5.24. The van der Waals surface area contributed by atoms with E-state index in [0.717, 1.165) is 18.2 Å². The molecule has 0 fully saturated rings. The zero-order chi connectivity index (χ0) is 14.8. The average Bonchev–Trinajstić information content (AvgIpc) is 2.39. The summed E-state index contributed by atoms with van der Waals surface area (Å²) in [7, 11) is -4.08. The Morgan fingerprint density at radius 3 is 2.65 bits per heavy atom. The molecule has 1 aromatic carbocycles. The highest BCUT2D eigenvalue weighted by Gasteiger charge is 2.21. The number of anilines is 2. The number of hydrogen-bond acceptors (Lipinski definition) is 7. The van der Waals surface area contributed by atoms with Crippen LogP contribution < -0.4 is 10.5 Å². The molecule has 0 amide bonds. The molecule has 20 heavy (non-hydrogen) atoms. The molecule has 3 N–H and O–H groups in total. The second-order valence-corrected chi connectivity index (χ2v) is 5.34. The Morgan fingerprint density at radius 2 is 2.05 bits per heavy atom. The Hall–Kier alpha value is -2.75. The fourth-order valence-electron chi connectivity index (χ4n) is 1.42. The Morgan fingerprint density at radius 1 is 1.30 bits per heavy atom. The molecule has 9 nitrogen and oxygen atoms in total. The topological polar surface area (TPSA) is 141 Å². The van der Waals surface area contributed by atoms with Crippen molar-refractivity contribution in [2.45, 2.75) is 4.90 Å². The predicted octanol–water partition coefficient (Wildman–Crippen LogP) is 0.768. The van der Waals surface area contributed by atoms with Gasteiger partial charge in [-0.15, -0.1) is 5.10 Å². The molecular formula is C10H9N5O4S. The number of nitrogens with zero attached hydrogens (tertiary/aromatic N) is 3. The molecule has 10 heteroatoms. The lowest BCUT2D eigenvalue weighted by Gasteiger charge is -2.08. The zero-order valence-corrected chi connectivity index (χ0v) is 10.7. The van der Waals surface area contributed by atoms with Gasteiger partial charge in [-0.05, 0) is 18.2 Å². The number of rotatable bonds is 4. The van der Waals surface area contributed by atoms with Crippen LogP contribution in [0.5, 0.6) is 0 Å². The molecule has 104 valence electrons. The maximum Gasteiger partial charge on any atom is 0.270 e. The first-order valence-corrected chi connectivity index (χ1v) is 6.73. The summed E-state index contributed by atoms with van der Waals surface area (Å²) >= 11 is 0. The lowest BCUT2D eigenvalue weighted by molar-refractivity contribution is -0.385. The van der Waals surface area contributed by atoms with Gasteiger partial charge in [-0.3, -0.25) is 14.8 Å². The summed E-state index contributed by atoms with van der Waals surface area (Å²) in [6.45, 7) is 0. The van der Waals surface area contributed by atoms with Crippen LogP contribution in [0, 0.1) is 10.1 Å². The largest absolute Gasteiger partial charge is 0.398 e. The van der Waals surface area contributed by atoms with Gasteiger partial charge in [0.15, 0.2) is 5.82 Å². The van der Waals surface area contributed by atoms with Crippen LogP contribution in [-0.4, -0.2) is 23.5 Å². The van der Waals surface area contributed by atoms with Crippen LogP contribution in [0.2, 0.25) is 0 Å². The van der Waals surface area contributed by atoms with Crippen LogP contribution in [0.1, 0.15) is 0 Å². The van der Waals surface area contributed by atoms with E-state index in [1.54, 1.807) is 0 Å². The fraction of sp³-hybridized carbons (Fsp3) is 0. The average molecular weight is 295 g/mol. The van der Waals surface area contributed by atoms with Gasteiger partial charge in [0, 0.05) is 18.3 Å². The van der Waals surface area contributed by atoms with Gasteiger partial charge in [0.05, 0.1) is 10.6 Å². The van der Waals surface area contributed by atoms with E-state index in [-0.39, 0.29) is 17.2 Å². The molecule has 0 atom stereocenters. The van der Waals surface area contributed by atoms with Gasteiger partial charge < -0.3 is 5.73 Å². The number of hydrogen-bond donors (Lipinski definition) is 2. The van der Waals surface area contributed by atoms with Crippen LogP contribution in [0.3, 0.4) is 0 Å². The van der Waals surface area contributed by atoms with E-state index in [1.165, 1.54) is 18.3 Å². The Labute approximate surface area is 113 Å². The quantitative estimate of drug-likeness (QED) is 0.482.